The molecule has 8 nitrogen and oxygen atoms in total. The number of aliphatic hydroxyl groups excluding tert-OH is 1. The lowest BCUT2D eigenvalue weighted by molar-refractivity contribution is -0.150. The Kier molecular flexibility index (Phi) is 12.3. The van der Waals surface area contributed by atoms with Crippen molar-refractivity contribution in [1.82, 2.24) is 10.6 Å². The van der Waals surface area contributed by atoms with E-state index < -0.39 is 5.92 Å². The fourth-order valence-electron chi connectivity index (χ4n) is 3.68. The molecule has 1 aromatic carbocycles. The zero-order valence-electron chi connectivity index (χ0n) is 20.2. The van der Waals surface area contributed by atoms with Crippen LogP contribution in [0.15, 0.2) is 42.5 Å². The standard InChI is InChI=1S/C26H38N2O6/c1-19(2)23-18-34-26(32)22(16-20-8-4-3-5-9-20)11-7-6-10-21(25(31)28-23)17-24(30)27-12-14-33-15-13-29/h3-9,19,21-23,29H,10-18H2,1-2H3,(H,27,30)(H,28,31)/t21-,22+,23-/m1/s1. The molecule has 0 unspecified atom stereocenters. The molecule has 0 bridgehead atoms. The number of benzene rings is 1. The summed E-state index contributed by atoms with van der Waals surface area (Å²) in [6.45, 7) is 4.78. The lowest BCUT2D eigenvalue weighted by Crippen LogP contribution is -2.46. The number of hydrogen-bond acceptors (Lipinski definition) is 6. The van der Waals surface area contributed by atoms with E-state index in [9.17, 15) is 14.4 Å². The first-order valence-electron chi connectivity index (χ1n) is 12.0. The van der Waals surface area contributed by atoms with Crippen LogP contribution in [0.2, 0.25) is 0 Å². The third kappa shape index (κ3) is 10.1. The fourth-order valence-corrected chi connectivity index (χ4v) is 3.68. The number of aliphatic hydroxyl groups is 1. The number of carbonyl (C=O) groups is 3. The normalized spacial score (nSPS) is 21.8. The summed E-state index contributed by atoms with van der Waals surface area (Å²) in [6.07, 6.45) is 5.30. The van der Waals surface area contributed by atoms with Gasteiger partial charge < -0.3 is 25.2 Å². The third-order valence-corrected chi connectivity index (χ3v) is 5.81. The summed E-state index contributed by atoms with van der Waals surface area (Å²) in [4.78, 5) is 38.2. The van der Waals surface area contributed by atoms with Crippen molar-refractivity contribution in [3.05, 3.63) is 48.0 Å². The van der Waals surface area contributed by atoms with E-state index >= 15 is 0 Å². The topological polar surface area (TPSA) is 114 Å². The summed E-state index contributed by atoms with van der Waals surface area (Å²) in [5.74, 6) is -1.52. The predicted molar refractivity (Wildman–Crippen MR) is 129 cm³/mol. The molecule has 0 aromatic heterocycles. The smallest absolute Gasteiger partial charge is 0.309 e. The number of nitrogens with one attached hydrogen (secondary N) is 2. The minimum Gasteiger partial charge on any atom is -0.463 e. The molecule has 1 aromatic rings. The van der Waals surface area contributed by atoms with Gasteiger partial charge in [-0.15, -0.1) is 0 Å². The number of carbonyl (C=O) groups excluding carboxylic acids is 3. The number of hydrogen-bond donors (Lipinski definition) is 3. The van der Waals surface area contributed by atoms with Gasteiger partial charge in [-0.3, -0.25) is 14.4 Å². The number of amides is 2. The molecule has 3 N–H and O–H groups in total. The lowest BCUT2D eigenvalue weighted by atomic mass is 9.93. The van der Waals surface area contributed by atoms with Gasteiger partial charge in [-0.05, 0) is 30.7 Å². The first-order chi connectivity index (χ1) is 16.4. The quantitative estimate of drug-likeness (QED) is 0.272. The molecule has 0 saturated carbocycles. The van der Waals surface area contributed by atoms with E-state index in [1.807, 2.05) is 56.3 Å². The summed E-state index contributed by atoms with van der Waals surface area (Å²) < 4.78 is 10.8. The van der Waals surface area contributed by atoms with Crippen LogP contribution < -0.4 is 10.6 Å². The monoisotopic (exact) mass is 474 g/mol. The van der Waals surface area contributed by atoms with Gasteiger partial charge in [0.25, 0.3) is 0 Å². The van der Waals surface area contributed by atoms with E-state index in [1.54, 1.807) is 0 Å². The molecule has 8 heteroatoms. The number of esters is 1. The zero-order chi connectivity index (χ0) is 24.8. The van der Waals surface area contributed by atoms with Crippen molar-refractivity contribution in [2.75, 3.05) is 33.0 Å². The van der Waals surface area contributed by atoms with Gasteiger partial charge in [-0.25, -0.2) is 0 Å². The maximum Gasteiger partial charge on any atom is 0.309 e. The Morgan fingerprint density at radius 2 is 1.85 bits per heavy atom. The fraction of sp³-hybridized carbons (Fsp3) is 0.577. The van der Waals surface area contributed by atoms with Crippen molar-refractivity contribution in [2.24, 2.45) is 17.8 Å². The van der Waals surface area contributed by atoms with Crippen molar-refractivity contribution in [3.63, 3.8) is 0 Å². The first kappa shape index (κ1) is 27.5. The summed E-state index contributed by atoms with van der Waals surface area (Å²) in [6, 6.07) is 9.49. The first-order valence-corrected chi connectivity index (χ1v) is 12.0. The molecule has 0 spiro atoms. The molecule has 0 fully saturated rings. The van der Waals surface area contributed by atoms with Gasteiger partial charge in [0, 0.05) is 13.0 Å². The molecule has 1 aliphatic heterocycles. The second kappa shape index (κ2) is 15.2. The maximum absolute atomic E-state index is 13.0. The lowest BCUT2D eigenvalue weighted by Gasteiger charge is -2.26. The van der Waals surface area contributed by atoms with Gasteiger partial charge in [-0.1, -0.05) is 56.3 Å². The van der Waals surface area contributed by atoms with E-state index in [4.69, 9.17) is 14.6 Å². The number of ether oxygens (including phenoxy) is 2. The van der Waals surface area contributed by atoms with Gasteiger partial charge in [0.15, 0.2) is 0 Å². The molecule has 1 aliphatic rings. The number of allylic oxidation sites excluding steroid dienone is 2. The summed E-state index contributed by atoms with van der Waals surface area (Å²) in [5.41, 5.74) is 1.07. The van der Waals surface area contributed by atoms with Crippen LogP contribution in [0.1, 0.15) is 38.7 Å². The van der Waals surface area contributed by atoms with Crippen molar-refractivity contribution in [3.8, 4) is 0 Å². The van der Waals surface area contributed by atoms with E-state index in [0.717, 1.165) is 5.56 Å². The van der Waals surface area contributed by atoms with Gasteiger partial charge >= 0.3 is 5.97 Å². The summed E-state index contributed by atoms with van der Waals surface area (Å²) >= 11 is 0. The molecule has 0 saturated heterocycles. The van der Waals surface area contributed by atoms with Gasteiger partial charge in [0.1, 0.15) is 6.61 Å². The van der Waals surface area contributed by atoms with Crippen molar-refractivity contribution in [1.29, 1.82) is 0 Å². The van der Waals surface area contributed by atoms with Crippen molar-refractivity contribution >= 4 is 17.8 Å². The zero-order valence-corrected chi connectivity index (χ0v) is 20.2. The largest absolute Gasteiger partial charge is 0.463 e. The Morgan fingerprint density at radius 3 is 2.53 bits per heavy atom. The van der Waals surface area contributed by atoms with Crippen LogP contribution in [0.4, 0.5) is 0 Å². The highest BCUT2D eigenvalue weighted by Crippen LogP contribution is 2.19. The Bertz CT molecular complexity index is 796. The molecule has 2 amide bonds. The van der Waals surface area contributed by atoms with E-state index in [2.05, 4.69) is 10.6 Å². The van der Waals surface area contributed by atoms with E-state index in [0.29, 0.717) is 32.4 Å². The summed E-state index contributed by atoms with van der Waals surface area (Å²) in [5, 5.41) is 14.5. The van der Waals surface area contributed by atoms with Crippen LogP contribution in [-0.2, 0) is 30.3 Å². The molecule has 2 rings (SSSR count). The minimum absolute atomic E-state index is 0.0498. The molecule has 188 valence electrons. The number of rotatable bonds is 10. The maximum atomic E-state index is 13.0. The Morgan fingerprint density at radius 1 is 1.15 bits per heavy atom. The molecule has 34 heavy (non-hydrogen) atoms. The van der Waals surface area contributed by atoms with Gasteiger partial charge in [-0.2, -0.15) is 0 Å². The second-order valence-corrected chi connectivity index (χ2v) is 8.91. The highest BCUT2D eigenvalue weighted by atomic mass is 16.5. The van der Waals surface area contributed by atoms with Crippen LogP contribution in [0, 0.1) is 17.8 Å². The Labute approximate surface area is 202 Å². The van der Waals surface area contributed by atoms with Crippen LogP contribution in [0.25, 0.3) is 0 Å². The van der Waals surface area contributed by atoms with Crippen molar-refractivity contribution < 1.29 is 29.0 Å². The van der Waals surface area contributed by atoms with Gasteiger partial charge in [0.2, 0.25) is 11.8 Å². The average molecular weight is 475 g/mol. The second-order valence-electron chi connectivity index (χ2n) is 8.91. The van der Waals surface area contributed by atoms with Gasteiger partial charge in [0.05, 0.1) is 37.7 Å². The number of cyclic esters (lactones) is 1. The van der Waals surface area contributed by atoms with E-state index in [1.165, 1.54) is 0 Å². The highest BCUT2D eigenvalue weighted by Gasteiger charge is 2.27. The molecular weight excluding hydrogens is 436 g/mol. The highest BCUT2D eigenvalue weighted by molar-refractivity contribution is 5.86. The van der Waals surface area contributed by atoms with Crippen molar-refractivity contribution in [2.45, 2.75) is 45.6 Å². The van der Waals surface area contributed by atoms with E-state index in [-0.39, 0.29) is 61.9 Å². The SMILES string of the molecule is CC(C)[C@H]1COC(=O)[C@H](Cc2ccccc2)CC=CC[C@H](CC(=O)NCCOCCO)C(=O)N1. The molecular formula is C26H38N2O6. The van der Waals surface area contributed by atoms with Crippen LogP contribution in [0.5, 0.6) is 0 Å². The van der Waals surface area contributed by atoms with Crippen LogP contribution in [-0.4, -0.2) is 61.9 Å². The predicted octanol–water partition coefficient (Wildman–Crippen LogP) is 2.01. The Hall–Kier alpha value is -2.71. The third-order valence-electron chi connectivity index (χ3n) is 5.81. The molecule has 0 radical (unpaired) electrons. The molecule has 3 atom stereocenters. The Balaban J connectivity index is 2.06. The van der Waals surface area contributed by atoms with Crippen LogP contribution in [0.3, 0.4) is 0 Å². The summed E-state index contributed by atoms with van der Waals surface area (Å²) in [7, 11) is 0. The van der Waals surface area contributed by atoms with Crippen LogP contribution >= 0.6 is 0 Å². The average Bonchev–Trinajstić information content (AvgIpc) is 2.82. The molecule has 1 heterocycles. The minimum atomic E-state index is -0.529. The molecule has 0 aliphatic carbocycles.